The number of aliphatic carboxylic acids is 1. The molecule has 4 rings (SSSR count). The molecular formula is C32H40FN3O4. The van der Waals surface area contributed by atoms with Crippen molar-refractivity contribution in [2.45, 2.75) is 72.5 Å². The molecular weight excluding hydrogens is 509 g/mol. The Hall–Kier alpha value is -3.52. The minimum absolute atomic E-state index is 0.260. The summed E-state index contributed by atoms with van der Waals surface area (Å²) in [6, 6.07) is 10.3. The fourth-order valence-corrected chi connectivity index (χ4v) is 4.83. The smallest absolute Gasteiger partial charge is 0.337 e. The highest BCUT2D eigenvalue weighted by molar-refractivity contribution is 5.76. The Labute approximate surface area is 236 Å². The first-order valence-corrected chi connectivity index (χ1v) is 13.8. The number of carbonyl (C=O) groups is 1. The van der Waals surface area contributed by atoms with Crippen molar-refractivity contribution in [2.24, 2.45) is 5.41 Å². The van der Waals surface area contributed by atoms with E-state index in [0.717, 1.165) is 37.2 Å². The predicted octanol–water partition coefficient (Wildman–Crippen LogP) is 6.78. The van der Waals surface area contributed by atoms with E-state index in [1.54, 1.807) is 25.4 Å². The number of anilines is 1. The van der Waals surface area contributed by atoms with Crippen LogP contribution in [-0.4, -0.2) is 46.3 Å². The molecule has 0 radical (unpaired) electrons. The number of aryl methyl sites for hydroxylation is 1. The van der Waals surface area contributed by atoms with Crippen LogP contribution in [0.1, 0.15) is 70.4 Å². The average Bonchev–Trinajstić information content (AvgIpc) is 2.87. The van der Waals surface area contributed by atoms with Crippen molar-refractivity contribution in [2.75, 3.05) is 24.6 Å². The first kappa shape index (κ1) is 29.5. The van der Waals surface area contributed by atoms with E-state index in [0.29, 0.717) is 41.3 Å². The quantitative estimate of drug-likeness (QED) is 0.315. The average molecular weight is 550 g/mol. The minimum Gasteiger partial charge on any atom is -0.489 e. The van der Waals surface area contributed by atoms with E-state index in [1.807, 2.05) is 39.0 Å². The number of halogens is 1. The van der Waals surface area contributed by atoms with Crippen LogP contribution in [0.25, 0.3) is 11.3 Å². The summed E-state index contributed by atoms with van der Waals surface area (Å²) in [7, 11) is 0. The molecule has 0 amide bonds. The number of aromatic nitrogens is 2. The van der Waals surface area contributed by atoms with Crippen LogP contribution in [0.15, 0.2) is 48.8 Å². The molecule has 1 aromatic carbocycles. The molecule has 40 heavy (non-hydrogen) atoms. The maximum absolute atomic E-state index is 13.6. The molecule has 214 valence electrons. The van der Waals surface area contributed by atoms with Gasteiger partial charge in [-0.25, -0.2) is 9.18 Å². The van der Waals surface area contributed by atoms with Crippen molar-refractivity contribution in [3.63, 3.8) is 0 Å². The highest BCUT2D eigenvalue weighted by Gasteiger charge is 2.30. The van der Waals surface area contributed by atoms with Crippen LogP contribution in [0.3, 0.4) is 0 Å². The van der Waals surface area contributed by atoms with Crippen LogP contribution in [-0.2, 0) is 16.0 Å². The van der Waals surface area contributed by atoms with E-state index in [9.17, 15) is 14.3 Å². The lowest BCUT2D eigenvalue weighted by atomic mass is 9.82. The van der Waals surface area contributed by atoms with E-state index in [2.05, 4.69) is 28.7 Å². The summed E-state index contributed by atoms with van der Waals surface area (Å²) in [6.07, 6.45) is 4.95. The van der Waals surface area contributed by atoms with Gasteiger partial charge in [-0.05, 0) is 75.8 Å². The molecule has 0 aliphatic carbocycles. The van der Waals surface area contributed by atoms with Crippen LogP contribution in [0, 0.1) is 18.2 Å². The van der Waals surface area contributed by atoms with Gasteiger partial charge in [-0.15, -0.1) is 0 Å². The zero-order valence-electron chi connectivity index (χ0n) is 24.3. The van der Waals surface area contributed by atoms with Crippen molar-refractivity contribution in [3.05, 3.63) is 71.4 Å². The maximum atomic E-state index is 13.6. The van der Waals surface area contributed by atoms with Crippen LogP contribution in [0.2, 0.25) is 0 Å². The SMILES string of the molecule is Cc1ncc(-c2cc(N3CCC(C)(C)CC3)c(OCCc3cccc(F)c3)cn2)cc1C(OC(C)(C)C)C(=O)O. The molecule has 3 heterocycles. The number of ether oxygens (including phenoxy) is 2. The molecule has 1 saturated heterocycles. The predicted molar refractivity (Wildman–Crippen MR) is 154 cm³/mol. The van der Waals surface area contributed by atoms with Gasteiger partial charge in [0.1, 0.15) is 5.82 Å². The summed E-state index contributed by atoms with van der Waals surface area (Å²) in [5, 5.41) is 9.94. The Morgan fingerprint density at radius 3 is 2.50 bits per heavy atom. The molecule has 1 N–H and O–H groups in total. The number of piperidine rings is 1. The number of carboxylic acid groups (broad SMARTS) is 1. The zero-order valence-corrected chi connectivity index (χ0v) is 24.3. The molecule has 1 atom stereocenters. The Kier molecular flexibility index (Phi) is 8.78. The molecule has 1 aliphatic rings. The van der Waals surface area contributed by atoms with Crippen LogP contribution < -0.4 is 9.64 Å². The standard InChI is InChI=1S/C32H40FN3O4/c1-21-25(29(30(37)38)40-31(2,3)4)17-23(19-34-21)26-18-27(36-13-11-32(5,6)12-14-36)28(20-35-26)39-15-10-22-8-7-9-24(33)16-22/h7-9,16-20,29H,10-15H2,1-6H3,(H,37,38). The van der Waals surface area contributed by atoms with Crippen molar-refractivity contribution >= 4 is 11.7 Å². The number of pyridine rings is 2. The van der Waals surface area contributed by atoms with Crippen LogP contribution >= 0.6 is 0 Å². The number of nitrogens with zero attached hydrogens (tertiary/aromatic N) is 3. The molecule has 0 bridgehead atoms. The van der Waals surface area contributed by atoms with Crippen molar-refractivity contribution in [1.29, 1.82) is 0 Å². The summed E-state index contributed by atoms with van der Waals surface area (Å²) in [4.78, 5) is 23.6. The molecule has 0 spiro atoms. The van der Waals surface area contributed by atoms with Crippen molar-refractivity contribution in [3.8, 4) is 17.0 Å². The van der Waals surface area contributed by atoms with Crippen LogP contribution in [0.4, 0.5) is 10.1 Å². The molecule has 1 unspecified atom stereocenters. The highest BCUT2D eigenvalue weighted by Crippen LogP contribution is 2.38. The Balaban J connectivity index is 1.65. The monoisotopic (exact) mass is 549 g/mol. The van der Waals surface area contributed by atoms with Gasteiger partial charge < -0.3 is 19.5 Å². The summed E-state index contributed by atoms with van der Waals surface area (Å²) < 4.78 is 25.7. The summed E-state index contributed by atoms with van der Waals surface area (Å²) in [5.74, 6) is -0.660. The number of benzene rings is 1. The molecule has 7 nitrogen and oxygen atoms in total. The molecule has 1 fully saturated rings. The normalized spacial score (nSPS) is 16.0. The number of hydrogen-bond acceptors (Lipinski definition) is 6. The third kappa shape index (κ3) is 7.56. The van der Waals surface area contributed by atoms with E-state index in [1.165, 1.54) is 12.1 Å². The fourth-order valence-electron chi connectivity index (χ4n) is 4.83. The van der Waals surface area contributed by atoms with Gasteiger partial charge in [0, 0.05) is 42.5 Å². The second-order valence-corrected chi connectivity index (χ2v) is 12.3. The molecule has 1 aliphatic heterocycles. The summed E-state index contributed by atoms with van der Waals surface area (Å²) >= 11 is 0. The first-order chi connectivity index (χ1) is 18.8. The van der Waals surface area contributed by atoms with E-state index < -0.39 is 17.7 Å². The third-order valence-corrected chi connectivity index (χ3v) is 7.24. The van der Waals surface area contributed by atoms with E-state index >= 15 is 0 Å². The lowest BCUT2D eigenvalue weighted by molar-refractivity contribution is -0.160. The Morgan fingerprint density at radius 1 is 1.12 bits per heavy atom. The highest BCUT2D eigenvalue weighted by atomic mass is 19.1. The summed E-state index contributed by atoms with van der Waals surface area (Å²) in [6.45, 7) is 14.0. The molecule has 3 aromatic rings. The molecule has 2 aromatic heterocycles. The number of hydrogen-bond donors (Lipinski definition) is 1. The molecule has 0 saturated carbocycles. The lowest BCUT2D eigenvalue weighted by Crippen LogP contribution is -2.37. The Bertz CT molecular complexity index is 1340. The van der Waals surface area contributed by atoms with Gasteiger partial charge in [-0.3, -0.25) is 9.97 Å². The second kappa shape index (κ2) is 11.9. The lowest BCUT2D eigenvalue weighted by Gasteiger charge is -2.38. The zero-order chi connectivity index (χ0) is 29.1. The summed E-state index contributed by atoms with van der Waals surface area (Å²) in [5.41, 5.74) is 3.90. The Morgan fingerprint density at radius 2 is 1.85 bits per heavy atom. The van der Waals surface area contributed by atoms with Gasteiger partial charge in [0.05, 0.1) is 29.8 Å². The van der Waals surface area contributed by atoms with Gasteiger partial charge in [0.15, 0.2) is 11.9 Å². The molecule has 8 heteroatoms. The van der Waals surface area contributed by atoms with Crippen LogP contribution in [0.5, 0.6) is 5.75 Å². The van der Waals surface area contributed by atoms with Gasteiger partial charge in [-0.2, -0.15) is 0 Å². The van der Waals surface area contributed by atoms with E-state index in [4.69, 9.17) is 9.47 Å². The second-order valence-electron chi connectivity index (χ2n) is 12.3. The van der Waals surface area contributed by atoms with Crippen molar-refractivity contribution < 1.29 is 23.8 Å². The number of carboxylic acids is 1. The van der Waals surface area contributed by atoms with Crippen molar-refractivity contribution in [1.82, 2.24) is 9.97 Å². The fraction of sp³-hybridized carbons (Fsp3) is 0.469. The van der Waals surface area contributed by atoms with E-state index in [-0.39, 0.29) is 11.2 Å². The van der Waals surface area contributed by atoms with Gasteiger partial charge >= 0.3 is 5.97 Å². The van der Waals surface area contributed by atoms with Gasteiger partial charge in [0.2, 0.25) is 0 Å². The maximum Gasteiger partial charge on any atom is 0.337 e. The minimum atomic E-state index is -1.15. The largest absolute Gasteiger partial charge is 0.489 e. The number of rotatable bonds is 9. The van der Waals surface area contributed by atoms with Gasteiger partial charge in [0.25, 0.3) is 0 Å². The topological polar surface area (TPSA) is 84.8 Å². The first-order valence-electron chi connectivity index (χ1n) is 13.8. The third-order valence-electron chi connectivity index (χ3n) is 7.24. The van der Waals surface area contributed by atoms with Gasteiger partial charge in [-0.1, -0.05) is 26.0 Å².